The largest absolute Gasteiger partial charge is 0.494 e. The predicted octanol–water partition coefficient (Wildman–Crippen LogP) is 3.37. The van der Waals surface area contributed by atoms with Crippen molar-refractivity contribution in [3.05, 3.63) is 65.3 Å². The van der Waals surface area contributed by atoms with Gasteiger partial charge in [-0.3, -0.25) is 9.69 Å². The van der Waals surface area contributed by atoms with Crippen molar-refractivity contribution in [2.24, 2.45) is 0 Å². The third-order valence-corrected chi connectivity index (χ3v) is 7.66. The zero-order chi connectivity index (χ0) is 22.7. The van der Waals surface area contributed by atoms with Crippen molar-refractivity contribution in [1.82, 2.24) is 9.88 Å². The summed E-state index contributed by atoms with van der Waals surface area (Å²) in [5, 5.41) is 4.96. The Morgan fingerprint density at radius 3 is 2.56 bits per heavy atom. The van der Waals surface area contributed by atoms with Crippen LogP contribution in [0.2, 0.25) is 0 Å². The Morgan fingerprint density at radius 2 is 1.91 bits per heavy atom. The first-order chi connectivity index (χ1) is 15.4. The number of rotatable bonds is 6. The molecule has 0 saturated carbocycles. The predicted molar refractivity (Wildman–Crippen MR) is 122 cm³/mol. The van der Waals surface area contributed by atoms with Crippen LogP contribution in [0.25, 0.3) is 11.3 Å². The zero-order valence-electron chi connectivity index (χ0n) is 17.3. The maximum atomic E-state index is 14.0. The van der Waals surface area contributed by atoms with Crippen LogP contribution < -0.4 is 10.1 Å². The molecule has 4 rings (SSSR count). The number of hydrogen-bond acceptors (Lipinski definition) is 7. The monoisotopic (exact) mass is 475 g/mol. The van der Waals surface area contributed by atoms with Gasteiger partial charge in [0.05, 0.1) is 24.3 Å². The van der Waals surface area contributed by atoms with Crippen molar-refractivity contribution in [2.75, 3.05) is 37.0 Å². The summed E-state index contributed by atoms with van der Waals surface area (Å²) in [4.78, 5) is 19.5. The van der Waals surface area contributed by atoms with Crippen molar-refractivity contribution >= 4 is 32.2 Å². The molecule has 2 heterocycles. The molecule has 10 heteroatoms. The second kappa shape index (κ2) is 9.35. The lowest BCUT2D eigenvalue weighted by Gasteiger charge is -2.33. The molecule has 1 N–H and O–H groups in total. The standard InChI is InChI=1S/C22H22FN3O4S2/c1-30-19-8-7-16(13-17(19)23)18-14-31-22(24-18)25-21(27)20(15-5-3-2-4-6-15)26-9-11-32(28,29)12-10-26/h2-8,13-14,20H,9-12H2,1H3,(H,24,25,27). The van der Waals surface area contributed by atoms with E-state index in [1.165, 1.54) is 30.6 Å². The number of sulfone groups is 1. The molecule has 0 bridgehead atoms. The van der Waals surface area contributed by atoms with E-state index in [2.05, 4.69) is 10.3 Å². The summed E-state index contributed by atoms with van der Waals surface area (Å²) in [6.07, 6.45) is 0. The van der Waals surface area contributed by atoms with Crippen molar-refractivity contribution in [3.63, 3.8) is 0 Å². The Balaban J connectivity index is 1.54. The van der Waals surface area contributed by atoms with Gasteiger partial charge in [-0.05, 0) is 23.8 Å². The second-order valence-electron chi connectivity index (χ2n) is 7.38. The van der Waals surface area contributed by atoms with Crippen LogP contribution in [0.15, 0.2) is 53.9 Å². The number of benzene rings is 2. The molecule has 1 aliphatic heterocycles. The molecule has 168 valence electrons. The molecule has 0 radical (unpaired) electrons. The molecular formula is C22H22FN3O4S2. The molecule has 1 saturated heterocycles. The molecule has 1 fully saturated rings. The van der Waals surface area contributed by atoms with E-state index in [0.29, 0.717) is 16.4 Å². The summed E-state index contributed by atoms with van der Waals surface area (Å²) in [6, 6.07) is 13.2. The van der Waals surface area contributed by atoms with Gasteiger partial charge < -0.3 is 10.1 Å². The quantitative estimate of drug-likeness (QED) is 0.588. The Labute approximate surface area is 189 Å². The van der Waals surface area contributed by atoms with E-state index in [1.54, 1.807) is 11.4 Å². The third kappa shape index (κ3) is 4.98. The average molecular weight is 476 g/mol. The fraction of sp³-hybridized carbons (Fsp3) is 0.273. The van der Waals surface area contributed by atoms with E-state index in [1.807, 2.05) is 35.2 Å². The fourth-order valence-corrected chi connectivity index (χ4v) is 5.56. The first-order valence-electron chi connectivity index (χ1n) is 9.96. The lowest BCUT2D eigenvalue weighted by Crippen LogP contribution is -2.46. The first-order valence-corrected chi connectivity index (χ1v) is 12.7. The molecule has 1 unspecified atom stereocenters. The maximum Gasteiger partial charge on any atom is 0.248 e. The summed E-state index contributed by atoms with van der Waals surface area (Å²) in [5.74, 6) is -0.598. The highest BCUT2D eigenvalue weighted by Crippen LogP contribution is 2.30. The topological polar surface area (TPSA) is 88.6 Å². The van der Waals surface area contributed by atoms with E-state index in [-0.39, 0.29) is 36.3 Å². The average Bonchev–Trinajstić information content (AvgIpc) is 3.24. The Morgan fingerprint density at radius 1 is 1.19 bits per heavy atom. The highest BCUT2D eigenvalue weighted by molar-refractivity contribution is 7.91. The van der Waals surface area contributed by atoms with Crippen molar-refractivity contribution in [2.45, 2.75) is 6.04 Å². The number of thiazole rings is 1. The number of carbonyl (C=O) groups excluding carboxylic acids is 1. The van der Waals surface area contributed by atoms with Crippen LogP contribution in [0.4, 0.5) is 9.52 Å². The Hall–Kier alpha value is -2.82. The van der Waals surface area contributed by atoms with Gasteiger partial charge in [-0.2, -0.15) is 0 Å². The number of carbonyl (C=O) groups is 1. The number of amides is 1. The van der Waals surface area contributed by atoms with Crippen LogP contribution in [0.3, 0.4) is 0 Å². The first kappa shape index (κ1) is 22.4. The van der Waals surface area contributed by atoms with Crippen molar-refractivity contribution in [1.29, 1.82) is 0 Å². The third-order valence-electron chi connectivity index (χ3n) is 5.29. The van der Waals surface area contributed by atoms with Crippen LogP contribution >= 0.6 is 11.3 Å². The summed E-state index contributed by atoms with van der Waals surface area (Å²) < 4.78 is 42.7. The molecule has 1 atom stereocenters. The molecule has 2 aromatic carbocycles. The van der Waals surface area contributed by atoms with Crippen LogP contribution in [0, 0.1) is 5.82 Å². The van der Waals surface area contributed by atoms with Crippen molar-refractivity contribution in [3.8, 4) is 17.0 Å². The number of nitrogens with zero attached hydrogens (tertiary/aromatic N) is 2. The minimum absolute atomic E-state index is 0.0219. The molecule has 1 aromatic heterocycles. The minimum atomic E-state index is -3.08. The summed E-state index contributed by atoms with van der Waals surface area (Å²) in [5.41, 5.74) is 1.88. The van der Waals surface area contributed by atoms with E-state index in [4.69, 9.17) is 4.74 Å². The van der Waals surface area contributed by atoms with E-state index in [0.717, 1.165) is 5.56 Å². The number of methoxy groups -OCH3 is 1. The zero-order valence-corrected chi connectivity index (χ0v) is 19.0. The SMILES string of the molecule is COc1ccc(-c2csc(NC(=O)C(c3ccccc3)N3CCS(=O)(=O)CC3)n2)cc1F. The van der Waals surface area contributed by atoms with Gasteiger partial charge in [0.25, 0.3) is 0 Å². The normalized spacial score (nSPS) is 16.9. The van der Waals surface area contributed by atoms with Crippen LogP contribution in [-0.2, 0) is 14.6 Å². The lowest BCUT2D eigenvalue weighted by molar-refractivity contribution is -0.121. The maximum absolute atomic E-state index is 14.0. The Kier molecular flexibility index (Phi) is 6.54. The number of hydrogen-bond donors (Lipinski definition) is 1. The molecular weight excluding hydrogens is 453 g/mol. The van der Waals surface area contributed by atoms with Gasteiger partial charge in [0, 0.05) is 24.0 Å². The molecule has 1 amide bonds. The molecule has 1 aliphatic rings. The summed E-state index contributed by atoms with van der Waals surface area (Å²) in [7, 11) is -1.68. The molecule has 7 nitrogen and oxygen atoms in total. The fourth-order valence-electron chi connectivity index (χ4n) is 3.61. The number of nitrogens with one attached hydrogen (secondary N) is 1. The van der Waals surface area contributed by atoms with Gasteiger partial charge in [0.2, 0.25) is 5.91 Å². The highest BCUT2D eigenvalue weighted by atomic mass is 32.2. The Bertz CT molecular complexity index is 1200. The van der Waals surface area contributed by atoms with Gasteiger partial charge in [-0.25, -0.2) is 17.8 Å². The molecule has 0 aliphatic carbocycles. The van der Waals surface area contributed by atoms with E-state index >= 15 is 0 Å². The molecule has 0 spiro atoms. The van der Waals surface area contributed by atoms with E-state index in [9.17, 15) is 17.6 Å². The summed E-state index contributed by atoms with van der Waals surface area (Å²) in [6.45, 7) is 0.563. The van der Waals surface area contributed by atoms with Gasteiger partial charge in [0.1, 0.15) is 6.04 Å². The van der Waals surface area contributed by atoms with E-state index < -0.39 is 21.7 Å². The van der Waals surface area contributed by atoms with Crippen LogP contribution in [0.1, 0.15) is 11.6 Å². The smallest absolute Gasteiger partial charge is 0.248 e. The van der Waals surface area contributed by atoms with Crippen LogP contribution in [0.5, 0.6) is 5.75 Å². The van der Waals surface area contributed by atoms with Crippen molar-refractivity contribution < 1.29 is 22.3 Å². The number of halogens is 1. The molecule has 3 aromatic rings. The lowest BCUT2D eigenvalue weighted by atomic mass is 10.0. The molecule has 32 heavy (non-hydrogen) atoms. The van der Waals surface area contributed by atoms with Gasteiger partial charge in [0.15, 0.2) is 26.5 Å². The second-order valence-corrected chi connectivity index (χ2v) is 10.5. The van der Waals surface area contributed by atoms with Crippen LogP contribution in [-0.4, -0.2) is 55.9 Å². The van der Waals surface area contributed by atoms with Gasteiger partial charge in [-0.15, -0.1) is 11.3 Å². The number of ether oxygens (including phenoxy) is 1. The number of anilines is 1. The summed E-state index contributed by atoms with van der Waals surface area (Å²) >= 11 is 1.24. The number of aromatic nitrogens is 1. The minimum Gasteiger partial charge on any atom is -0.494 e. The highest BCUT2D eigenvalue weighted by Gasteiger charge is 2.32. The van der Waals surface area contributed by atoms with Gasteiger partial charge in [-0.1, -0.05) is 30.3 Å². The van der Waals surface area contributed by atoms with Gasteiger partial charge >= 0.3 is 0 Å².